The highest BCUT2D eigenvalue weighted by Gasteiger charge is 2.19. The van der Waals surface area contributed by atoms with E-state index in [1.165, 1.54) is 11.1 Å². The summed E-state index contributed by atoms with van der Waals surface area (Å²) in [5.41, 5.74) is 2.70. The molecule has 0 heterocycles. The molecule has 0 fully saturated rings. The molecule has 16 heavy (non-hydrogen) atoms. The fourth-order valence-corrected chi connectivity index (χ4v) is 1.31. The third kappa shape index (κ3) is 3.00. The maximum Gasteiger partial charge on any atom is 0.241 e. The van der Waals surface area contributed by atoms with Crippen LogP contribution in [0.1, 0.15) is 18.4 Å². The monoisotopic (exact) mass is 228 g/mol. The molecule has 0 spiro atoms. The molecule has 1 amide bonds. The molecule has 0 bridgehead atoms. The zero-order valence-corrected chi connectivity index (χ0v) is 9.42. The summed E-state index contributed by atoms with van der Waals surface area (Å²) in [7, 11) is 3.32. The van der Waals surface area contributed by atoms with Crippen LogP contribution in [0.5, 0.6) is 0 Å². The normalized spacial score (nSPS) is 12.6. The van der Waals surface area contributed by atoms with Crippen LogP contribution in [0, 0.1) is 11.6 Å². The smallest absolute Gasteiger partial charge is 0.241 e. The molecule has 0 saturated carbocycles. The van der Waals surface area contributed by atoms with Crippen LogP contribution in [0.4, 0.5) is 8.78 Å². The van der Waals surface area contributed by atoms with Gasteiger partial charge < -0.3 is 0 Å². The van der Waals surface area contributed by atoms with Gasteiger partial charge in [0.1, 0.15) is 11.6 Å². The highest BCUT2D eigenvalue weighted by Crippen LogP contribution is 2.19. The Balaban J connectivity index is 2.87. The van der Waals surface area contributed by atoms with Gasteiger partial charge in [-0.05, 0) is 13.0 Å². The molecule has 0 aliphatic heterocycles. The van der Waals surface area contributed by atoms with Crippen LogP contribution < -0.4 is 5.43 Å². The van der Waals surface area contributed by atoms with Crippen molar-refractivity contribution in [1.82, 2.24) is 10.4 Å². The van der Waals surface area contributed by atoms with Crippen LogP contribution in [-0.4, -0.2) is 25.0 Å². The molecule has 5 heteroatoms. The summed E-state index contributed by atoms with van der Waals surface area (Å²) in [6.45, 7) is 1.56. The van der Waals surface area contributed by atoms with Crippen molar-refractivity contribution >= 4 is 5.91 Å². The first-order valence-corrected chi connectivity index (χ1v) is 4.84. The largest absolute Gasteiger partial charge is 0.289 e. The number of carbonyl (C=O) groups excluding carboxylic acids is 1. The van der Waals surface area contributed by atoms with Crippen molar-refractivity contribution in [1.29, 1.82) is 0 Å². The number of nitrogens with zero attached hydrogens (tertiary/aromatic N) is 1. The number of hydrogen-bond acceptors (Lipinski definition) is 2. The Hall–Kier alpha value is -1.49. The van der Waals surface area contributed by atoms with Gasteiger partial charge in [0, 0.05) is 25.7 Å². The molecular weight excluding hydrogens is 214 g/mol. The van der Waals surface area contributed by atoms with Gasteiger partial charge in [0.15, 0.2) is 0 Å². The second kappa shape index (κ2) is 5.03. The molecule has 0 saturated heterocycles. The Labute approximate surface area is 93.0 Å². The van der Waals surface area contributed by atoms with E-state index in [4.69, 9.17) is 0 Å². The standard InChI is InChI=1S/C11H14F2N2O/c1-7(11(16)14-15(2)3)9-5-4-8(12)6-10(9)13/h4-7H,1-3H3,(H,14,16). The van der Waals surface area contributed by atoms with Gasteiger partial charge in [-0.1, -0.05) is 6.07 Å². The molecule has 1 atom stereocenters. The van der Waals surface area contributed by atoms with Crippen molar-refractivity contribution in [3.8, 4) is 0 Å². The molecule has 0 aromatic heterocycles. The van der Waals surface area contributed by atoms with E-state index in [1.807, 2.05) is 0 Å². The summed E-state index contributed by atoms with van der Waals surface area (Å²) in [5.74, 6) is -2.36. The van der Waals surface area contributed by atoms with Crippen LogP contribution in [0.2, 0.25) is 0 Å². The molecule has 88 valence electrons. The van der Waals surface area contributed by atoms with Crippen molar-refractivity contribution in [2.75, 3.05) is 14.1 Å². The van der Waals surface area contributed by atoms with Crippen molar-refractivity contribution in [2.24, 2.45) is 0 Å². The quantitative estimate of drug-likeness (QED) is 0.798. The summed E-state index contributed by atoms with van der Waals surface area (Å²) in [4.78, 5) is 11.6. The highest BCUT2D eigenvalue weighted by molar-refractivity contribution is 5.82. The number of halogens is 2. The second-order valence-corrected chi connectivity index (χ2v) is 3.76. The zero-order valence-electron chi connectivity index (χ0n) is 9.42. The summed E-state index contributed by atoms with van der Waals surface area (Å²) in [6, 6.07) is 3.19. The van der Waals surface area contributed by atoms with Crippen LogP contribution in [0.15, 0.2) is 18.2 Å². The SMILES string of the molecule is CC(C(=O)NN(C)C)c1ccc(F)cc1F. The third-order valence-corrected chi connectivity index (χ3v) is 2.16. The molecule has 0 aliphatic carbocycles. The predicted octanol–water partition coefficient (Wildman–Crippen LogP) is 1.66. The lowest BCUT2D eigenvalue weighted by Gasteiger charge is -2.17. The van der Waals surface area contributed by atoms with Crippen LogP contribution >= 0.6 is 0 Å². The Kier molecular flexibility index (Phi) is 3.95. The van der Waals surface area contributed by atoms with E-state index < -0.39 is 17.6 Å². The number of hydrazine groups is 1. The van der Waals surface area contributed by atoms with Crippen LogP contribution in [-0.2, 0) is 4.79 Å². The fourth-order valence-electron chi connectivity index (χ4n) is 1.31. The molecule has 1 rings (SSSR count). The zero-order chi connectivity index (χ0) is 12.3. The topological polar surface area (TPSA) is 32.3 Å². The average Bonchev–Trinajstić information content (AvgIpc) is 2.15. The van der Waals surface area contributed by atoms with Crippen LogP contribution in [0.3, 0.4) is 0 Å². The van der Waals surface area contributed by atoms with E-state index in [-0.39, 0.29) is 11.5 Å². The minimum atomic E-state index is -0.707. The highest BCUT2D eigenvalue weighted by atomic mass is 19.1. The number of benzene rings is 1. The van der Waals surface area contributed by atoms with E-state index in [1.54, 1.807) is 21.0 Å². The Morgan fingerprint density at radius 1 is 1.38 bits per heavy atom. The van der Waals surface area contributed by atoms with E-state index in [2.05, 4.69) is 5.43 Å². The van der Waals surface area contributed by atoms with Crippen molar-refractivity contribution in [3.63, 3.8) is 0 Å². The van der Waals surface area contributed by atoms with Gasteiger partial charge in [0.25, 0.3) is 0 Å². The van der Waals surface area contributed by atoms with Gasteiger partial charge in [-0.15, -0.1) is 0 Å². The van der Waals surface area contributed by atoms with Gasteiger partial charge >= 0.3 is 0 Å². The van der Waals surface area contributed by atoms with E-state index in [9.17, 15) is 13.6 Å². The lowest BCUT2D eigenvalue weighted by atomic mass is 10.00. The molecule has 1 aromatic rings. The van der Waals surface area contributed by atoms with Gasteiger partial charge in [-0.3, -0.25) is 10.2 Å². The first-order valence-electron chi connectivity index (χ1n) is 4.84. The summed E-state index contributed by atoms with van der Waals surface area (Å²) in [5, 5.41) is 1.47. The predicted molar refractivity (Wildman–Crippen MR) is 56.6 cm³/mol. The van der Waals surface area contributed by atoms with Crippen LogP contribution in [0.25, 0.3) is 0 Å². The van der Waals surface area contributed by atoms with E-state index >= 15 is 0 Å². The van der Waals surface area contributed by atoms with Crippen molar-refractivity contribution < 1.29 is 13.6 Å². The lowest BCUT2D eigenvalue weighted by Crippen LogP contribution is -2.38. The number of amides is 1. The van der Waals surface area contributed by atoms with Gasteiger partial charge in [0.05, 0.1) is 5.92 Å². The van der Waals surface area contributed by atoms with Gasteiger partial charge in [0.2, 0.25) is 5.91 Å². The third-order valence-electron chi connectivity index (χ3n) is 2.16. The number of nitrogens with one attached hydrogen (secondary N) is 1. The molecule has 1 unspecified atom stereocenters. The fraction of sp³-hybridized carbons (Fsp3) is 0.364. The molecule has 0 radical (unpaired) electrons. The minimum absolute atomic E-state index is 0.181. The second-order valence-electron chi connectivity index (χ2n) is 3.76. The van der Waals surface area contributed by atoms with Gasteiger partial charge in [-0.25, -0.2) is 13.8 Å². The Bertz CT molecular complexity index is 394. The number of hydrogen-bond donors (Lipinski definition) is 1. The molecule has 1 aromatic carbocycles. The van der Waals surface area contributed by atoms with Gasteiger partial charge in [-0.2, -0.15) is 0 Å². The minimum Gasteiger partial charge on any atom is -0.289 e. The molecule has 0 aliphatic rings. The summed E-state index contributed by atoms with van der Waals surface area (Å²) < 4.78 is 26.0. The maximum absolute atomic E-state index is 13.4. The number of rotatable bonds is 3. The van der Waals surface area contributed by atoms with E-state index in [0.717, 1.165) is 12.1 Å². The first kappa shape index (κ1) is 12.6. The molecule has 3 nitrogen and oxygen atoms in total. The first-order chi connectivity index (χ1) is 7.41. The molecular formula is C11H14F2N2O. The molecule has 1 N–H and O–H groups in total. The average molecular weight is 228 g/mol. The number of carbonyl (C=O) groups is 1. The van der Waals surface area contributed by atoms with Crippen molar-refractivity contribution in [2.45, 2.75) is 12.8 Å². The maximum atomic E-state index is 13.4. The van der Waals surface area contributed by atoms with Crippen molar-refractivity contribution in [3.05, 3.63) is 35.4 Å². The lowest BCUT2D eigenvalue weighted by molar-refractivity contribution is -0.126. The Morgan fingerprint density at radius 2 is 2.00 bits per heavy atom. The summed E-state index contributed by atoms with van der Waals surface area (Å²) >= 11 is 0. The Morgan fingerprint density at radius 3 is 2.50 bits per heavy atom. The van der Waals surface area contributed by atoms with E-state index in [0.29, 0.717) is 0 Å². The summed E-state index contributed by atoms with van der Waals surface area (Å²) in [6.07, 6.45) is 0.